The molecule has 0 aromatic carbocycles. The number of hydrogen-bond acceptors (Lipinski definition) is 3. The molecule has 204 valence electrons. The Bertz CT molecular complexity index is 379. The standard InChI is InChI=1S/C31H63NO2.Li/c1-3-5-7-9-11-13-15-17-19-21-24-28-32(30-26-23-27-31(33)34)29-25-22-20-18-16-14-12-10-8-6-4-2;/h3-30H2,1-2H3,(H,33,34);/q;+1/p-1. The van der Waals surface area contributed by atoms with Crippen LogP contribution in [0.15, 0.2) is 0 Å². The zero-order valence-corrected chi connectivity index (χ0v) is 24.6. The number of rotatable bonds is 29. The van der Waals surface area contributed by atoms with Gasteiger partial charge in [0.2, 0.25) is 0 Å². The van der Waals surface area contributed by atoms with E-state index in [0.717, 1.165) is 19.4 Å². The minimum Gasteiger partial charge on any atom is -0.550 e. The summed E-state index contributed by atoms with van der Waals surface area (Å²) >= 11 is 0. The third-order valence-electron chi connectivity index (χ3n) is 7.26. The summed E-state index contributed by atoms with van der Waals surface area (Å²) in [5, 5.41) is 10.7. The van der Waals surface area contributed by atoms with Crippen LogP contribution < -0.4 is 24.0 Å². The van der Waals surface area contributed by atoms with E-state index in [9.17, 15) is 9.90 Å². The maximum atomic E-state index is 10.7. The first-order valence-electron chi connectivity index (χ1n) is 15.6. The summed E-state index contributed by atoms with van der Waals surface area (Å²) in [4.78, 5) is 13.3. The van der Waals surface area contributed by atoms with Crippen LogP contribution in [0, 0.1) is 0 Å². The van der Waals surface area contributed by atoms with Crippen molar-refractivity contribution >= 4 is 5.97 Å². The number of carboxylic acid groups (broad SMARTS) is 1. The average Bonchev–Trinajstić information content (AvgIpc) is 2.82. The Labute approximate surface area is 233 Å². The van der Waals surface area contributed by atoms with Gasteiger partial charge in [0.05, 0.1) is 0 Å². The molecule has 4 heteroatoms. The monoisotopic (exact) mass is 487 g/mol. The van der Waals surface area contributed by atoms with Crippen molar-refractivity contribution in [2.45, 2.75) is 174 Å². The molecule has 0 aromatic rings. The summed E-state index contributed by atoms with van der Waals surface area (Å²) in [6, 6.07) is 0. The van der Waals surface area contributed by atoms with Gasteiger partial charge in [-0.2, -0.15) is 0 Å². The zero-order chi connectivity index (χ0) is 25.0. The van der Waals surface area contributed by atoms with Gasteiger partial charge in [-0.05, 0) is 51.7 Å². The van der Waals surface area contributed by atoms with Crippen molar-refractivity contribution in [2.24, 2.45) is 0 Å². The van der Waals surface area contributed by atoms with Gasteiger partial charge in [0.25, 0.3) is 0 Å². The van der Waals surface area contributed by atoms with Crippen LogP contribution in [0.25, 0.3) is 0 Å². The van der Waals surface area contributed by atoms with Crippen molar-refractivity contribution in [1.82, 2.24) is 4.90 Å². The number of carboxylic acids is 1. The van der Waals surface area contributed by atoms with E-state index in [2.05, 4.69) is 18.7 Å². The third kappa shape index (κ3) is 32.0. The van der Waals surface area contributed by atoms with E-state index in [1.54, 1.807) is 0 Å². The van der Waals surface area contributed by atoms with Gasteiger partial charge in [0.15, 0.2) is 0 Å². The van der Waals surface area contributed by atoms with Crippen molar-refractivity contribution in [2.75, 3.05) is 19.6 Å². The second-order valence-electron chi connectivity index (χ2n) is 10.7. The molecule has 0 unspecified atom stereocenters. The maximum absolute atomic E-state index is 10.7. The van der Waals surface area contributed by atoms with Crippen molar-refractivity contribution in [3.8, 4) is 0 Å². The van der Waals surface area contributed by atoms with Gasteiger partial charge in [0.1, 0.15) is 0 Å². The fourth-order valence-electron chi connectivity index (χ4n) is 4.94. The Morgan fingerprint density at radius 3 is 1.00 bits per heavy atom. The van der Waals surface area contributed by atoms with Crippen molar-refractivity contribution in [3.63, 3.8) is 0 Å². The Hall–Kier alpha value is 0.0274. The normalized spacial score (nSPS) is 11.2. The van der Waals surface area contributed by atoms with E-state index in [1.165, 1.54) is 154 Å². The van der Waals surface area contributed by atoms with Crippen LogP contribution in [-0.4, -0.2) is 30.5 Å². The van der Waals surface area contributed by atoms with E-state index < -0.39 is 5.97 Å². The molecule has 0 radical (unpaired) electrons. The molecular weight excluding hydrogens is 425 g/mol. The van der Waals surface area contributed by atoms with Crippen LogP contribution in [0.1, 0.15) is 174 Å². The first kappa shape index (κ1) is 37.2. The molecule has 0 saturated carbocycles. The molecule has 0 aliphatic rings. The summed E-state index contributed by atoms with van der Waals surface area (Å²) in [6.45, 7) is 8.02. The van der Waals surface area contributed by atoms with Gasteiger partial charge in [-0.3, -0.25) is 0 Å². The molecule has 0 aliphatic carbocycles. The van der Waals surface area contributed by atoms with Crippen LogP contribution in [0.3, 0.4) is 0 Å². The number of carbonyl (C=O) groups is 1. The summed E-state index contributed by atoms with van der Waals surface area (Å²) in [7, 11) is 0. The SMILES string of the molecule is CCCCCCCCCCCCCN(CCCCCCCCCCCCC)CCCCC(=O)[O-].[Li+]. The van der Waals surface area contributed by atoms with Crippen LogP contribution in [0.2, 0.25) is 0 Å². The first-order chi connectivity index (χ1) is 16.7. The Balaban J connectivity index is 0. The number of carbonyl (C=O) groups excluding carboxylic acids is 1. The predicted molar refractivity (Wildman–Crippen MR) is 148 cm³/mol. The molecule has 0 aromatic heterocycles. The summed E-state index contributed by atoms with van der Waals surface area (Å²) < 4.78 is 0. The maximum Gasteiger partial charge on any atom is 1.00 e. The van der Waals surface area contributed by atoms with Crippen molar-refractivity contribution in [3.05, 3.63) is 0 Å². The smallest absolute Gasteiger partial charge is 0.550 e. The summed E-state index contributed by atoms with van der Waals surface area (Å²) in [5.74, 6) is -0.901. The Morgan fingerprint density at radius 1 is 0.457 bits per heavy atom. The molecule has 0 saturated heterocycles. The molecule has 3 nitrogen and oxygen atoms in total. The molecule has 0 atom stereocenters. The number of aliphatic carboxylic acids is 1. The van der Waals surface area contributed by atoms with Gasteiger partial charge >= 0.3 is 18.9 Å². The van der Waals surface area contributed by atoms with Crippen molar-refractivity contribution in [1.29, 1.82) is 0 Å². The molecule has 0 fully saturated rings. The fraction of sp³-hybridized carbons (Fsp3) is 0.968. The molecule has 0 rings (SSSR count). The minimum absolute atomic E-state index is 0. The second kappa shape index (κ2) is 32.1. The zero-order valence-electron chi connectivity index (χ0n) is 24.6. The first-order valence-corrected chi connectivity index (χ1v) is 15.6. The summed E-state index contributed by atoms with van der Waals surface area (Å²) in [6.07, 6.45) is 32.6. The molecule has 0 amide bonds. The minimum atomic E-state index is -0.901. The van der Waals surface area contributed by atoms with Gasteiger partial charge in [-0.1, -0.05) is 142 Å². The quantitative estimate of drug-likeness (QED) is 0.0984. The Morgan fingerprint density at radius 2 is 0.714 bits per heavy atom. The predicted octanol–water partition coefficient (Wildman–Crippen LogP) is 5.83. The number of nitrogens with zero attached hydrogens (tertiary/aromatic N) is 1. The van der Waals surface area contributed by atoms with E-state index in [-0.39, 0.29) is 25.3 Å². The second-order valence-corrected chi connectivity index (χ2v) is 10.7. The molecule has 0 heterocycles. The molecule has 35 heavy (non-hydrogen) atoms. The van der Waals surface area contributed by atoms with Gasteiger partial charge < -0.3 is 14.8 Å². The molecule has 0 aliphatic heterocycles. The van der Waals surface area contributed by atoms with E-state index in [0.29, 0.717) is 0 Å². The van der Waals surface area contributed by atoms with Crippen LogP contribution in [0.5, 0.6) is 0 Å². The van der Waals surface area contributed by atoms with Gasteiger partial charge in [-0.25, -0.2) is 0 Å². The summed E-state index contributed by atoms with van der Waals surface area (Å²) in [5.41, 5.74) is 0. The third-order valence-corrected chi connectivity index (χ3v) is 7.26. The van der Waals surface area contributed by atoms with Crippen LogP contribution in [0.4, 0.5) is 0 Å². The van der Waals surface area contributed by atoms with E-state index >= 15 is 0 Å². The Kier molecular flexibility index (Phi) is 34.1. The van der Waals surface area contributed by atoms with Crippen LogP contribution >= 0.6 is 0 Å². The molecule has 0 bridgehead atoms. The number of unbranched alkanes of at least 4 members (excludes halogenated alkanes) is 21. The van der Waals surface area contributed by atoms with E-state index in [1.807, 2.05) is 0 Å². The average molecular weight is 488 g/mol. The topological polar surface area (TPSA) is 43.4 Å². The number of hydrogen-bond donors (Lipinski definition) is 0. The molecule has 0 spiro atoms. The molecule has 0 N–H and O–H groups in total. The van der Waals surface area contributed by atoms with Crippen molar-refractivity contribution < 1.29 is 28.8 Å². The molecular formula is C31H62LiNO2. The van der Waals surface area contributed by atoms with Gasteiger partial charge in [-0.15, -0.1) is 0 Å². The fourth-order valence-corrected chi connectivity index (χ4v) is 4.94. The largest absolute Gasteiger partial charge is 1.00 e. The van der Waals surface area contributed by atoms with Crippen LogP contribution in [-0.2, 0) is 4.79 Å². The van der Waals surface area contributed by atoms with E-state index in [4.69, 9.17) is 0 Å². The van der Waals surface area contributed by atoms with Gasteiger partial charge in [0, 0.05) is 5.97 Å².